The van der Waals surface area contributed by atoms with Gasteiger partial charge in [0.25, 0.3) is 0 Å². The minimum absolute atomic E-state index is 0. The molecule has 15 heavy (non-hydrogen) atoms. The van der Waals surface area contributed by atoms with Crippen LogP contribution < -0.4 is 10.6 Å². The summed E-state index contributed by atoms with van der Waals surface area (Å²) in [4.78, 5) is 11.4. The molecule has 0 aromatic heterocycles. The Morgan fingerprint density at radius 3 is 3.00 bits per heavy atom. The van der Waals surface area contributed by atoms with E-state index in [-0.39, 0.29) is 18.3 Å². The SMILES string of the molecule is CCOCCC(=O)NC1CCCNC1.Cl. The molecule has 1 saturated heterocycles. The molecular weight excluding hydrogens is 216 g/mol. The Hall–Kier alpha value is -0.320. The zero-order valence-corrected chi connectivity index (χ0v) is 10.1. The monoisotopic (exact) mass is 236 g/mol. The van der Waals surface area contributed by atoms with Gasteiger partial charge in [0.2, 0.25) is 5.91 Å². The van der Waals surface area contributed by atoms with Gasteiger partial charge < -0.3 is 15.4 Å². The third kappa shape index (κ3) is 6.71. The molecule has 1 aliphatic rings. The molecule has 1 atom stereocenters. The number of nitrogens with one attached hydrogen (secondary N) is 2. The number of rotatable bonds is 5. The number of amides is 1. The van der Waals surface area contributed by atoms with E-state index in [1.54, 1.807) is 0 Å². The van der Waals surface area contributed by atoms with Crippen LogP contribution in [-0.4, -0.2) is 38.3 Å². The van der Waals surface area contributed by atoms with Crippen molar-refractivity contribution < 1.29 is 9.53 Å². The summed E-state index contributed by atoms with van der Waals surface area (Å²) < 4.78 is 5.12. The zero-order chi connectivity index (χ0) is 10.2. The van der Waals surface area contributed by atoms with Gasteiger partial charge in [-0.25, -0.2) is 0 Å². The van der Waals surface area contributed by atoms with Gasteiger partial charge in [0.05, 0.1) is 6.61 Å². The quantitative estimate of drug-likeness (QED) is 0.691. The molecule has 2 N–H and O–H groups in total. The van der Waals surface area contributed by atoms with Crippen LogP contribution in [-0.2, 0) is 9.53 Å². The molecule has 5 heteroatoms. The number of carbonyl (C=O) groups is 1. The Morgan fingerprint density at radius 2 is 2.40 bits per heavy atom. The first kappa shape index (κ1) is 14.7. The van der Waals surface area contributed by atoms with Crippen molar-refractivity contribution in [3.8, 4) is 0 Å². The first-order valence-corrected chi connectivity index (χ1v) is 5.40. The molecule has 0 aliphatic carbocycles. The van der Waals surface area contributed by atoms with E-state index in [0.717, 1.165) is 25.9 Å². The largest absolute Gasteiger partial charge is 0.381 e. The molecule has 0 spiro atoms. The van der Waals surface area contributed by atoms with Crippen molar-refractivity contribution in [1.82, 2.24) is 10.6 Å². The van der Waals surface area contributed by atoms with Crippen molar-refractivity contribution in [3.05, 3.63) is 0 Å². The van der Waals surface area contributed by atoms with Gasteiger partial charge in [-0.2, -0.15) is 0 Å². The van der Waals surface area contributed by atoms with E-state index in [1.165, 1.54) is 0 Å². The van der Waals surface area contributed by atoms with Gasteiger partial charge in [-0.05, 0) is 26.3 Å². The highest BCUT2D eigenvalue weighted by molar-refractivity contribution is 5.85. The topological polar surface area (TPSA) is 50.4 Å². The number of piperidine rings is 1. The van der Waals surface area contributed by atoms with Crippen LogP contribution in [0.25, 0.3) is 0 Å². The van der Waals surface area contributed by atoms with E-state index >= 15 is 0 Å². The summed E-state index contributed by atoms with van der Waals surface area (Å²) >= 11 is 0. The molecule has 1 heterocycles. The van der Waals surface area contributed by atoms with Crippen LogP contribution in [0.5, 0.6) is 0 Å². The van der Waals surface area contributed by atoms with Crippen LogP contribution in [0, 0.1) is 0 Å². The van der Waals surface area contributed by atoms with Gasteiger partial charge in [0.1, 0.15) is 0 Å². The Labute approximate surface area is 97.5 Å². The van der Waals surface area contributed by atoms with Crippen molar-refractivity contribution >= 4 is 18.3 Å². The van der Waals surface area contributed by atoms with Crippen LogP contribution in [0.2, 0.25) is 0 Å². The molecule has 0 aromatic carbocycles. The van der Waals surface area contributed by atoms with E-state index in [0.29, 0.717) is 25.7 Å². The summed E-state index contributed by atoms with van der Waals surface area (Å²) in [6.45, 7) is 5.12. The van der Waals surface area contributed by atoms with Crippen LogP contribution >= 0.6 is 12.4 Å². The average molecular weight is 237 g/mol. The molecule has 1 amide bonds. The minimum atomic E-state index is 0. The van der Waals surface area contributed by atoms with Crippen molar-refractivity contribution in [2.45, 2.75) is 32.2 Å². The second kappa shape index (κ2) is 8.95. The van der Waals surface area contributed by atoms with E-state index in [4.69, 9.17) is 4.74 Å². The molecule has 0 radical (unpaired) electrons. The number of hydrogen-bond acceptors (Lipinski definition) is 3. The fourth-order valence-corrected chi connectivity index (χ4v) is 1.58. The molecule has 4 nitrogen and oxygen atoms in total. The van der Waals surface area contributed by atoms with Gasteiger partial charge in [0.15, 0.2) is 0 Å². The lowest BCUT2D eigenvalue weighted by atomic mass is 10.1. The molecule has 0 saturated carbocycles. The number of carbonyl (C=O) groups excluding carboxylic acids is 1. The normalized spacial score (nSPS) is 20.5. The van der Waals surface area contributed by atoms with E-state index in [2.05, 4.69) is 10.6 Å². The third-order valence-electron chi connectivity index (χ3n) is 2.34. The second-order valence-corrected chi connectivity index (χ2v) is 3.56. The average Bonchev–Trinajstić information content (AvgIpc) is 2.20. The summed E-state index contributed by atoms with van der Waals surface area (Å²) in [7, 11) is 0. The Morgan fingerprint density at radius 1 is 1.60 bits per heavy atom. The van der Waals surface area contributed by atoms with Crippen molar-refractivity contribution in [2.75, 3.05) is 26.3 Å². The summed E-state index contributed by atoms with van der Waals surface area (Å²) in [5, 5.41) is 6.26. The highest BCUT2D eigenvalue weighted by Crippen LogP contribution is 2.01. The lowest BCUT2D eigenvalue weighted by molar-refractivity contribution is -0.122. The van der Waals surface area contributed by atoms with Crippen LogP contribution in [0.4, 0.5) is 0 Å². The van der Waals surface area contributed by atoms with Crippen molar-refractivity contribution in [3.63, 3.8) is 0 Å². The summed E-state index contributed by atoms with van der Waals surface area (Å²) in [5.41, 5.74) is 0. The standard InChI is InChI=1S/C10H20N2O2.ClH/c1-2-14-7-5-10(13)12-9-4-3-6-11-8-9;/h9,11H,2-8H2,1H3,(H,12,13);1H. The van der Waals surface area contributed by atoms with Crippen LogP contribution in [0.1, 0.15) is 26.2 Å². The highest BCUT2D eigenvalue weighted by atomic mass is 35.5. The fourth-order valence-electron chi connectivity index (χ4n) is 1.58. The number of halogens is 1. The smallest absolute Gasteiger partial charge is 0.222 e. The Kier molecular flexibility index (Phi) is 8.76. The van der Waals surface area contributed by atoms with Crippen LogP contribution in [0.15, 0.2) is 0 Å². The Bertz CT molecular complexity index is 173. The molecular formula is C10H21ClN2O2. The van der Waals surface area contributed by atoms with Gasteiger partial charge in [-0.3, -0.25) is 4.79 Å². The highest BCUT2D eigenvalue weighted by Gasteiger charge is 2.14. The molecule has 1 rings (SSSR count). The fraction of sp³-hybridized carbons (Fsp3) is 0.900. The maximum absolute atomic E-state index is 11.4. The van der Waals surface area contributed by atoms with E-state index in [9.17, 15) is 4.79 Å². The molecule has 90 valence electrons. The third-order valence-corrected chi connectivity index (χ3v) is 2.34. The molecule has 1 unspecified atom stereocenters. The minimum Gasteiger partial charge on any atom is -0.381 e. The lowest BCUT2D eigenvalue weighted by Crippen LogP contribution is -2.45. The number of ether oxygens (including phenoxy) is 1. The van der Waals surface area contributed by atoms with Gasteiger partial charge in [-0.15, -0.1) is 12.4 Å². The van der Waals surface area contributed by atoms with Crippen molar-refractivity contribution in [1.29, 1.82) is 0 Å². The van der Waals surface area contributed by atoms with Crippen molar-refractivity contribution in [2.24, 2.45) is 0 Å². The molecule has 0 aromatic rings. The van der Waals surface area contributed by atoms with Gasteiger partial charge in [0, 0.05) is 25.6 Å². The first-order chi connectivity index (χ1) is 6.83. The van der Waals surface area contributed by atoms with E-state index in [1.807, 2.05) is 6.92 Å². The predicted octanol–water partition coefficient (Wildman–Crippen LogP) is 0.703. The molecule has 0 bridgehead atoms. The van der Waals surface area contributed by atoms with E-state index < -0.39 is 0 Å². The zero-order valence-electron chi connectivity index (χ0n) is 9.25. The number of hydrogen-bond donors (Lipinski definition) is 2. The molecule has 1 fully saturated rings. The Balaban J connectivity index is 0.00000196. The lowest BCUT2D eigenvalue weighted by Gasteiger charge is -2.23. The predicted molar refractivity (Wildman–Crippen MR) is 62.4 cm³/mol. The molecule has 1 aliphatic heterocycles. The summed E-state index contributed by atoms with van der Waals surface area (Å²) in [5.74, 6) is 0.104. The summed E-state index contributed by atoms with van der Waals surface area (Å²) in [6.07, 6.45) is 2.72. The second-order valence-electron chi connectivity index (χ2n) is 3.56. The maximum atomic E-state index is 11.4. The summed E-state index contributed by atoms with van der Waals surface area (Å²) in [6, 6.07) is 0.317. The van der Waals surface area contributed by atoms with Gasteiger partial charge >= 0.3 is 0 Å². The maximum Gasteiger partial charge on any atom is 0.222 e. The van der Waals surface area contributed by atoms with Crippen LogP contribution in [0.3, 0.4) is 0 Å². The first-order valence-electron chi connectivity index (χ1n) is 5.40. The van der Waals surface area contributed by atoms with Gasteiger partial charge in [-0.1, -0.05) is 0 Å².